The maximum absolute atomic E-state index is 9.88. The van der Waals surface area contributed by atoms with Crippen molar-refractivity contribution in [1.29, 1.82) is 5.26 Å². The van der Waals surface area contributed by atoms with Crippen LogP contribution in [0.1, 0.15) is 56.9 Å². The zero-order chi connectivity index (χ0) is 29.7. The maximum Gasteiger partial charge on any atom is 0.119 e. The van der Waals surface area contributed by atoms with E-state index in [1.54, 1.807) is 12.3 Å². The van der Waals surface area contributed by atoms with Crippen LogP contribution in [0.5, 0.6) is 0 Å². The van der Waals surface area contributed by atoms with Gasteiger partial charge in [-0.2, -0.15) is 5.26 Å². The highest BCUT2D eigenvalue weighted by molar-refractivity contribution is 6.36. The second-order valence-corrected chi connectivity index (χ2v) is 13.6. The van der Waals surface area contributed by atoms with E-state index in [1.165, 1.54) is 0 Å². The minimum atomic E-state index is -1.26. The summed E-state index contributed by atoms with van der Waals surface area (Å²) in [6.45, 7) is 10.3. The lowest BCUT2D eigenvalue weighted by Crippen LogP contribution is -2.53. The molecule has 2 bridgehead atoms. The van der Waals surface area contributed by atoms with Gasteiger partial charge in [-0.15, -0.1) is 5.10 Å². The molecule has 7 rings (SSSR count). The Hall–Kier alpha value is -3.32. The fourth-order valence-corrected chi connectivity index (χ4v) is 6.41. The second-order valence-electron chi connectivity index (χ2n) is 12.7. The summed E-state index contributed by atoms with van der Waals surface area (Å²) in [5.74, 6) is 0. The van der Waals surface area contributed by atoms with E-state index in [0.717, 1.165) is 49.8 Å². The van der Waals surface area contributed by atoms with Crippen LogP contribution in [0.25, 0.3) is 10.9 Å². The van der Waals surface area contributed by atoms with E-state index in [0.29, 0.717) is 44.7 Å². The number of nitrogens with one attached hydrogen (secondary N) is 2. The van der Waals surface area contributed by atoms with Gasteiger partial charge in [0.05, 0.1) is 39.0 Å². The van der Waals surface area contributed by atoms with Gasteiger partial charge in [0, 0.05) is 48.5 Å². The first-order valence-electron chi connectivity index (χ1n) is 14.2. The minimum absolute atomic E-state index is 0.0107. The number of nitrogens with zero attached hydrogens (tertiary/aromatic N) is 6. The first-order chi connectivity index (χ1) is 20.0. The van der Waals surface area contributed by atoms with Gasteiger partial charge in [-0.1, -0.05) is 61.3 Å². The van der Waals surface area contributed by atoms with Gasteiger partial charge in [-0.25, -0.2) is 4.68 Å². The molecule has 2 aromatic carbocycles. The molecule has 42 heavy (non-hydrogen) atoms. The van der Waals surface area contributed by atoms with Crippen LogP contribution in [0.15, 0.2) is 48.8 Å². The monoisotopic (exact) mass is 598 g/mol. The van der Waals surface area contributed by atoms with Gasteiger partial charge in [-0.05, 0) is 54.5 Å². The van der Waals surface area contributed by atoms with Crippen LogP contribution >= 0.6 is 23.2 Å². The lowest BCUT2D eigenvalue weighted by atomic mass is 9.69. The van der Waals surface area contributed by atoms with Crippen molar-refractivity contribution in [3.63, 3.8) is 0 Å². The number of aromatic nitrogens is 4. The summed E-state index contributed by atoms with van der Waals surface area (Å²) in [7, 11) is 7.26. The molecule has 0 aliphatic carbocycles. The van der Waals surface area contributed by atoms with Gasteiger partial charge in [0.1, 0.15) is 19.6 Å². The minimum Gasteiger partial charge on any atom is -0.383 e. The number of hydrogen-bond donors (Lipinski definition) is 2. The number of fused-ring (bicyclic) bond motifs is 4. The van der Waals surface area contributed by atoms with E-state index in [4.69, 9.17) is 31.0 Å². The predicted molar refractivity (Wildman–Crippen MR) is 169 cm³/mol. The third-order valence-electron chi connectivity index (χ3n) is 8.55. The summed E-state index contributed by atoms with van der Waals surface area (Å²) in [4.78, 5) is 7.00. The number of nitriles is 1. The molecule has 0 amide bonds. The standard InChI is InChI=1S/C31H33BCl2N8/c1-29(2,3)19-37-27-20(16-35)17-36-28-24(27)14-23(15-25(28)34)38-31(32,21-4-6-22(33)7-5-21)26-18-42(40-39-26)30-8-11-41(12-9-30)13-10-30/h4-7,14-15,17-18,38H,8-13,19H2,1-3H3,(H,36,37). The molecule has 2 aromatic heterocycles. The molecule has 2 radical (unpaired) electrons. The summed E-state index contributed by atoms with van der Waals surface area (Å²) >= 11 is 13.1. The third kappa shape index (κ3) is 5.32. The van der Waals surface area contributed by atoms with Crippen molar-refractivity contribution < 1.29 is 0 Å². The number of pyridine rings is 1. The molecule has 214 valence electrons. The molecule has 0 spiro atoms. The summed E-state index contributed by atoms with van der Waals surface area (Å²) < 4.78 is 2.03. The van der Waals surface area contributed by atoms with Crippen LogP contribution < -0.4 is 10.6 Å². The predicted octanol–water partition coefficient (Wildman–Crippen LogP) is 6.14. The molecule has 1 atom stereocenters. The van der Waals surface area contributed by atoms with Crippen LogP contribution in [-0.2, 0) is 11.0 Å². The van der Waals surface area contributed by atoms with Gasteiger partial charge in [0.15, 0.2) is 0 Å². The zero-order valence-corrected chi connectivity index (χ0v) is 25.6. The molecule has 0 saturated carbocycles. The van der Waals surface area contributed by atoms with Crippen molar-refractivity contribution in [2.75, 3.05) is 36.8 Å². The second kappa shape index (κ2) is 10.8. The van der Waals surface area contributed by atoms with E-state index in [1.807, 2.05) is 41.2 Å². The Labute approximate surface area is 257 Å². The van der Waals surface area contributed by atoms with E-state index in [9.17, 15) is 5.26 Å². The van der Waals surface area contributed by atoms with Gasteiger partial charge in [0.2, 0.25) is 0 Å². The Kier molecular flexibility index (Phi) is 7.37. The molecule has 4 aromatic rings. The van der Waals surface area contributed by atoms with Crippen LogP contribution in [0.2, 0.25) is 10.0 Å². The van der Waals surface area contributed by atoms with E-state index in [-0.39, 0.29) is 11.0 Å². The summed E-state index contributed by atoms with van der Waals surface area (Å²) in [5.41, 5.74) is 2.41. The van der Waals surface area contributed by atoms with Gasteiger partial charge < -0.3 is 15.5 Å². The first-order valence-corrected chi connectivity index (χ1v) is 15.0. The van der Waals surface area contributed by atoms with Gasteiger partial charge in [-0.3, -0.25) is 4.98 Å². The summed E-state index contributed by atoms with van der Waals surface area (Å²) in [5, 5.41) is 27.9. The highest BCUT2D eigenvalue weighted by Crippen LogP contribution is 2.40. The van der Waals surface area contributed by atoms with Crippen LogP contribution in [0, 0.1) is 16.7 Å². The number of rotatable bonds is 7. The Balaban J connectivity index is 1.44. The Morgan fingerprint density at radius 3 is 2.40 bits per heavy atom. The molecule has 3 aliphatic heterocycles. The number of piperidine rings is 3. The van der Waals surface area contributed by atoms with Gasteiger partial charge in [0.25, 0.3) is 0 Å². The van der Waals surface area contributed by atoms with Crippen molar-refractivity contribution in [3.8, 4) is 6.07 Å². The topological polar surface area (TPSA) is 94.7 Å². The number of hydrogen-bond acceptors (Lipinski definition) is 7. The fourth-order valence-electron chi connectivity index (χ4n) is 6.01. The van der Waals surface area contributed by atoms with Crippen molar-refractivity contribution in [1.82, 2.24) is 24.9 Å². The van der Waals surface area contributed by atoms with Gasteiger partial charge >= 0.3 is 0 Å². The SMILES string of the molecule is [B]C(Nc1cc(Cl)c2ncc(C#N)c(NCC(C)(C)C)c2c1)(c1ccc(Cl)cc1)c1cn(C23CCN(CC2)CC3)nn1. The van der Waals surface area contributed by atoms with Crippen LogP contribution in [0.4, 0.5) is 11.4 Å². The zero-order valence-electron chi connectivity index (χ0n) is 24.1. The fraction of sp³-hybridized carbons (Fsp3) is 0.419. The van der Waals surface area contributed by atoms with Crippen molar-refractivity contribution >= 4 is 53.3 Å². The Bertz CT molecular complexity index is 1650. The molecule has 5 heterocycles. The van der Waals surface area contributed by atoms with E-state index in [2.05, 4.69) is 57.7 Å². The molecular weight excluding hydrogens is 566 g/mol. The average molecular weight is 599 g/mol. The quantitative estimate of drug-likeness (QED) is 0.247. The lowest BCUT2D eigenvalue weighted by molar-refractivity contribution is 0.0252. The number of anilines is 2. The Morgan fingerprint density at radius 1 is 1.07 bits per heavy atom. The summed E-state index contributed by atoms with van der Waals surface area (Å²) in [6.07, 6.45) is 6.67. The Morgan fingerprint density at radius 2 is 1.76 bits per heavy atom. The highest BCUT2D eigenvalue weighted by atomic mass is 35.5. The molecule has 3 saturated heterocycles. The van der Waals surface area contributed by atoms with Crippen LogP contribution in [-0.4, -0.2) is 58.9 Å². The normalized spacial score (nSPS) is 21.6. The molecule has 11 heteroatoms. The molecule has 2 N–H and O–H groups in total. The largest absolute Gasteiger partial charge is 0.383 e. The molecule has 1 unspecified atom stereocenters. The first kappa shape index (κ1) is 28.8. The lowest BCUT2D eigenvalue weighted by Gasteiger charge is -2.48. The van der Waals surface area contributed by atoms with Crippen molar-refractivity contribution in [2.24, 2.45) is 5.41 Å². The van der Waals surface area contributed by atoms with Crippen molar-refractivity contribution in [2.45, 2.75) is 51.0 Å². The maximum atomic E-state index is 9.88. The number of halogens is 2. The van der Waals surface area contributed by atoms with E-state index >= 15 is 0 Å². The summed E-state index contributed by atoms with van der Waals surface area (Å²) in [6, 6.07) is 13.4. The smallest absolute Gasteiger partial charge is 0.119 e. The van der Waals surface area contributed by atoms with Crippen LogP contribution in [0.3, 0.4) is 0 Å². The molecule has 3 fully saturated rings. The molecule has 3 aliphatic rings. The highest BCUT2D eigenvalue weighted by Gasteiger charge is 2.43. The average Bonchev–Trinajstić information content (AvgIpc) is 3.49. The molecular formula is C31H33BCl2N8. The third-order valence-corrected chi connectivity index (χ3v) is 9.09. The number of benzene rings is 2. The molecule has 8 nitrogen and oxygen atoms in total. The van der Waals surface area contributed by atoms with E-state index < -0.39 is 5.44 Å². The van der Waals surface area contributed by atoms with Crippen molar-refractivity contribution in [3.05, 3.63) is 75.7 Å².